The van der Waals surface area contributed by atoms with Crippen LogP contribution in [-0.4, -0.2) is 36.0 Å². The van der Waals surface area contributed by atoms with E-state index in [0.29, 0.717) is 30.3 Å². The van der Waals surface area contributed by atoms with Gasteiger partial charge in [0, 0.05) is 31.6 Å². The predicted molar refractivity (Wildman–Crippen MR) is 67.3 cm³/mol. The highest BCUT2D eigenvalue weighted by Crippen LogP contribution is 2.16. The smallest absolute Gasteiger partial charge is 0.223 e. The summed E-state index contributed by atoms with van der Waals surface area (Å²) in [5.74, 6) is 0.858. The van der Waals surface area contributed by atoms with Gasteiger partial charge in [-0.2, -0.15) is 0 Å². The van der Waals surface area contributed by atoms with E-state index in [-0.39, 0.29) is 0 Å². The average molecular weight is 226 g/mol. The van der Waals surface area contributed by atoms with Crippen molar-refractivity contribution in [1.82, 2.24) is 10.2 Å². The van der Waals surface area contributed by atoms with Crippen molar-refractivity contribution < 1.29 is 4.79 Å². The Balaban J connectivity index is 2.46. The van der Waals surface area contributed by atoms with Crippen molar-refractivity contribution in [2.24, 2.45) is 5.92 Å². The maximum Gasteiger partial charge on any atom is 0.223 e. The molecule has 0 aliphatic carbocycles. The van der Waals surface area contributed by atoms with E-state index in [2.05, 4.69) is 33.0 Å². The normalized spacial score (nSPS) is 27.9. The van der Waals surface area contributed by atoms with Crippen molar-refractivity contribution in [2.75, 3.05) is 13.1 Å². The molecule has 1 amide bonds. The minimum Gasteiger partial charge on any atom is -0.337 e. The lowest BCUT2D eigenvalue weighted by Gasteiger charge is -2.39. The van der Waals surface area contributed by atoms with E-state index in [1.807, 2.05) is 4.90 Å². The van der Waals surface area contributed by atoms with Crippen molar-refractivity contribution in [3.63, 3.8) is 0 Å². The highest BCUT2D eigenvalue weighted by atomic mass is 16.2. The van der Waals surface area contributed by atoms with E-state index in [4.69, 9.17) is 0 Å². The summed E-state index contributed by atoms with van der Waals surface area (Å²) in [5, 5.41) is 3.40. The topological polar surface area (TPSA) is 32.3 Å². The van der Waals surface area contributed by atoms with E-state index >= 15 is 0 Å². The van der Waals surface area contributed by atoms with Gasteiger partial charge in [-0.3, -0.25) is 4.79 Å². The summed E-state index contributed by atoms with van der Waals surface area (Å²) in [4.78, 5) is 14.2. The van der Waals surface area contributed by atoms with E-state index < -0.39 is 0 Å². The SMILES string of the molecule is CCCC(C)CC(=O)N1CCNC(C)C1C. The Labute approximate surface area is 99.6 Å². The minimum absolute atomic E-state index is 0.329. The van der Waals surface area contributed by atoms with Gasteiger partial charge in [0.25, 0.3) is 0 Å². The van der Waals surface area contributed by atoms with Crippen LogP contribution in [-0.2, 0) is 4.79 Å². The summed E-state index contributed by atoms with van der Waals surface area (Å²) >= 11 is 0. The van der Waals surface area contributed by atoms with Crippen molar-refractivity contribution in [3.05, 3.63) is 0 Å². The molecule has 0 radical (unpaired) electrons. The molecule has 0 aromatic heterocycles. The van der Waals surface area contributed by atoms with Crippen molar-refractivity contribution in [1.29, 1.82) is 0 Å². The number of piperazine rings is 1. The molecule has 0 aromatic carbocycles. The summed E-state index contributed by atoms with van der Waals surface area (Å²) in [5.41, 5.74) is 0. The summed E-state index contributed by atoms with van der Waals surface area (Å²) in [6, 6.07) is 0.745. The molecule has 94 valence electrons. The maximum atomic E-state index is 12.1. The second-order valence-electron chi connectivity index (χ2n) is 5.17. The highest BCUT2D eigenvalue weighted by molar-refractivity contribution is 5.77. The van der Waals surface area contributed by atoms with Crippen LogP contribution in [0.2, 0.25) is 0 Å². The van der Waals surface area contributed by atoms with Crippen LogP contribution in [0.1, 0.15) is 47.0 Å². The molecule has 3 heteroatoms. The van der Waals surface area contributed by atoms with Crippen molar-refractivity contribution >= 4 is 5.91 Å². The molecule has 3 unspecified atom stereocenters. The van der Waals surface area contributed by atoms with Crippen LogP contribution in [0, 0.1) is 5.92 Å². The number of hydrogen-bond acceptors (Lipinski definition) is 2. The molecule has 1 rings (SSSR count). The van der Waals surface area contributed by atoms with E-state index in [0.717, 1.165) is 19.5 Å². The average Bonchev–Trinajstić information content (AvgIpc) is 2.22. The molecule has 1 N–H and O–H groups in total. The number of nitrogens with zero attached hydrogens (tertiary/aromatic N) is 1. The van der Waals surface area contributed by atoms with Crippen LogP contribution in [0.3, 0.4) is 0 Å². The van der Waals surface area contributed by atoms with Gasteiger partial charge in [0.2, 0.25) is 5.91 Å². The van der Waals surface area contributed by atoms with Crippen LogP contribution >= 0.6 is 0 Å². The van der Waals surface area contributed by atoms with Gasteiger partial charge < -0.3 is 10.2 Å². The molecule has 1 aliphatic rings. The van der Waals surface area contributed by atoms with Gasteiger partial charge in [0.05, 0.1) is 0 Å². The Hall–Kier alpha value is -0.570. The lowest BCUT2D eigenvalue weighted by atomic mass is 9.99. The Kier molecular flexibility index (Phi) is 5.26. The largest absolute Gasteiger partial charge is 0.337 e. The van der Waals surface area contributed by atoms with Gasteiger partial charge in [0.1, 0.15) is 0 Å². The number of nitrogens with one attached hydrogen (secondary N) is 1. The maximum absolute atomic E-state index is 12.1. The molecule has 0 bridgehead atoms. The first kappa shape index (κ1) is 13.5. The van der Waals surface area contributed by atoms with Gasteiger partial charge in [-0.15, -0.1) is 0 Å². The van der Waals surface area contributed by atoms with Gasteiger partial charge in [-0.25, -0.2) is 0 Å². The standard InChI is InChI=1S/C13H26N2O/c1-5-6-10(2)9-13(16)15-8-7-14-11(3)12(15)4/h10-12,14H,5-9H2,1-4H3. The first-order valence-corrected chi connectivity index (χ1v) is 6.59. The first-order valence-electron chi connectivity index (χ1n) is 6.59. The minimum atomic E-state index is 0.329. The Morgan fingerprint density at radius 1 is 1.50 bits per heavy atom. The zero-order chi connectivity index (χ0) is 12.1. The predicted octanol–water partition coefficient (Wildman–Crippen LogP) is 2.02. The van der Waals surface area contributed by atoms with Crippen LogP contribution in [0.25, 0.3) is 0 Å². The van der Waals surface area contributed by atoms with Gasteiger partial charge in [-0.1, -0.05) is 26.7 Å². The molecule has 0 saturated carbocycles. The number of hydrogen-bond donors (Lipinski definition) is 1. The monoisotopic (exact) mass is 226 g/mol. The summed E-state index contributed by atoms with van der Waals surface area (Å²) < 4.78 is 0. The lowest BCUT2D eigenvalue weighted by molar-refractivity contribution is -0.135. The summed E-state index contributed by atoms with van der Waals surface area (Å²) in [7, 11) is 0. The first-order chi connectivity index (χ1) is 7.56. The van der Waals surface area contributed by atoms with Gasteiger partial charge >= 0.3 is 0 Å². The van der Waals surface area contributed by atoms with Crippen molar-refractivity contribution in [3.8, 4) is 0 Å². The molecule has 1 aliphatic heterocycles. The second kappa shape index (κ2) is 6.24. The lowest BCUT2D eigenvalue weighted by Crippen LogP contribution is -2.57. The molecule has 0 spiro atoms. The third-order valence-corrected chi connectivity index (χ3v) is 3.66. The molecule has 1 fully saturated rings. The summed E-state index contributed by atoms with van der Waals surface area (Å²) in [6.45, 7) is 10.4. The Morgan fingerprint density at radius 2 is 2.19 bits per heavy atom. The summed E-state index contributed by atoms with van der Waals surface area (Å²) in [6.07, 6.45) is 3.04. The zero-order valence-electron chi connectivity index (χ0n) is 11.1. The van der Waals surface area contributed by atoms with Crippen LogP contribution in [0.4, 0.5) is 0 Å². The Bertz CT molecular complexity index is 230. The second-order valence-corrected chi connectivity index (χ2v) is 5.17. The van der Waals surface area contributed by atoms with Crippen LogP contribution in [0.5, 0.6) is 0 Å². The van der Waals surface area contributed by atoms with E-state index in [9.17, 15) is 4.79 Å². The quantitative estimate of drug-likeness (QED) is 0.795. The molecular weight excluding hydrogens is 200 g/mol. The molecule has 3 nitrogen and oxygen atoms in total. The fourth-order valence-electron chi connectivity index (χ4n) is 2.42. The number of carbonyl (C=O) groups is 1. The van der Waals surface area contributed by atoms with E-state index in [1.165, 1.54) is 6.42 Å². The fraction of sp³-hybridized carbons (Fsp3) is 0.923. The molecule has 3 atom stereocenters. The highest BCUT2D eigenvalue weighted by Gasteiger charge is 2.28. The zero-order valence-corrected chi connectivity index (χ0v) is 11.1. The Morgan fingerprint density at radius 3 is 2.81 bits per heavy atom. The van der Waals surface area contributed by atoms with Gasteiger partial charge in [0.15, 0.2) is 0 Å². The van der Waals surface area contributed by atoms with Crippen LogP contribution in [0.15, 0.2) is 0 Å². The number of carbonyl (C=O) groups excluding carboxylic acids is 1. The molecule has 0 aromatic rings. The molecule has 1 saturated heterocycles. The van der Waals surface area contributed by atoms with Crippen molar-refractivity contribution in [2.45, 2.75) is 59.0 Å². The molecule has 16 heavy (non-hydrogen) atoms. The molecule has 1 heterocycles. The third kappa shape index (κ3) is 3.48. The third-order valence-electron chi connectivity index (χ3n) is 3.66. The molecular formula is C13H26N2O. The number of amides is 1. The number of rotatable bonds is 4. The fourth-order valence-corrected chi connectivity index (χ4v) is 2.42. The van der Waals surface area contributed by atoms with Crippen LogP contribution < -0.4 is 5.32 Å². The van der Waals surface area contributed by atoms with Gasteiger partial charge in [-0.05, 0) is 19.8 Å². The van der Waals surface area contributed by atoms with E-state index in [1.54, 1.807) is 0 Å².